The molecule has 0 radical (unpaired) electrons. The first-order chi connectivity index (χ1) is 11.0. The first-order valence-corrected chi connectivity index (χ1v) is 7.97. The predicted molar refractivity (Wildman–Crippen MR) is 86.3 cm³/mol. The van der Waals surface area contributed by atoms with E-state index >= 15 is 0 Å². The minimum atomic E-state index is -0.537. The maximum atomic E-state index is 10.8. The molecule has 1 aliphatic rings. The number of imidazole rings is 1. The zero-order valence-corrected chi connectivity index (χ0v) is 14.2. The Morgan fingerprint density at radius 1 is 1.48 bits per heavy atom. The monoisotopic (exact) mass is 381 g/mol. The lowest BCUT2D eigenvalue weighted by Crippen LogP contribution is -2.42. The van der Waals surface area contributed by atoms with Crippen molar-refractivity contribution < 1.29 is 14.4 Å². The lowest BCUT2D eigenvalue weighted by Gasteiger charge is -2.32. The molecule has 122 valence electrons. The summed E-state index contributed by atoms with van der Waals surface area (Å²) in [5.74, 6) is -0.194. The molecular weight excluding hydrogens is 366 g/mol. The molecule has 0 aliphatic carbocycles. The number of ether oxygens (including phenoxy) is 2. The van der Waals surface area contributed by atoms with Gasteiger partial charge in [-0.3, -0.25) is 4.57 Å². The number of hydrogen-bond acceptors (Lipinski definition) is 5. The van der Waals surface area contributed by atoms with Crippen LogP contribution in [0, 0.1) is 10.1 Å². The van der Waals surface area contributed by atoms with Gasteiger partial charge in [0.1, 0.15) is 11.8 Å². The van der Waals surface area contributed by atoms with Crippen LogP contribution in [-0.4, -0.2) is 26.7 Å². The van der Waals surface area contributed by atoms with E-state index in [2.05, 4.69) is 20.9 Å². The SMILES string of the molecule is C[C@@]1(COCc2ccc(Br)cc2)CCn2cc([N+](=O)[O-])nc2O1. The van der Waals surface area contributed by atoms with Crippen LogP contribution in [0.25, 0.3) is 0 Å². The van der Waals surface area contributed by atoms with Crippen LogP contribution in [0.4, 0.5) is 5.82 Å². The molecule has 0 unspecified atom stereocenters. The predicted octanol–water partition coefficient (Wildman–Crippen LogP) is 3.31. The summed E-state index contributed by atoms with van der Waals surface area (Å²) in [5.41, 5.74) is 0.537. The topological polar surface area (TPSA) is 79.4 Å². The van der Waals surface area contributed by atoms with Crippen LogP contribution in [0.5, 0.6) is 6.01 Å². The van der Waals surface area contributed by atoms with Gasteiger partial charge in [0, 0.05) is 22.4 Å². The van der Waals surface area contributed by atoms with Crippen molar-refractivity contribution in [3.05, 3.63) is 50.6 Å². The van der Waals surface area contributed by atoms with Crippen molar-refractivity contribution in [2.24, 2.45) is 0 Å². The molecule has 0 fully saturated rings. The fraction of sp³-hybridized carbons (Fsp3) is 0.400. The van der Waals surface area contributed by atoms with Gasteiger partial charge in [-0.05, 0) is 29.5 Å². The van der Waals surface area contributed by atoms with Gasteiger partial charge >= 0.3 is 11.8 Å². The zero-order chi connectivity index (χ0) is 16.4. The fourth-order valence-electron chi connectivity index (χ4n) is 2.41. The molecule has 2 heterocycles. The van der Waals surface area contributed by atoms with Crippen molar-refractivity contribution >= 4 is 21.7 Å². The molecule has 1 aromatic heterocycles. The molecule has 8 heteroatoms. The van der Waals surface area contributed by atoms with Gasteiger partial charge in [-0.25, -0.2) is 0 Å². The van der Waals surface area contributed by atoms with Crippen molar-refractivity contribution in [2.75, 3.05) is 6.61 Å². The number of nitrogens with zero attached hydrogens (tertiary/aromatic N) is 3. The highest BCUT2D eigenvalue weighted by Crippen LogP contribution is 2.30. The first-order valence-electron chi connectivity index (χ1n) is 7.18. The Labute approximate surface area is 141 Å². The molecular formula is C15H16BrN3O4. The Hall–Kier alpha value is -1.93. The van der Waals surface area contributed by atoms with Crippen LogP contribution < -0.4 is 4.74 Å². The lowest BCUT2D eigenvalue weighted by molar-refractivity contribution is -0.389. The number of rotatable bonds is 5. The Morgan fingerprint density at radius 2 is 2.22 bits per heavy atom. The first kappa shape index (κ1) is 15.9. The number of aryl methyl sites for hydroxylation is 1. The average molecular weight is 382 g/mol. The molecule has 1 atom stereocenters. The summed E-state index contributed by atoms with van der Waals surface area (Å²) in [6.07, 6.45) is 2.10. The van der Waals surface area contributed by atoms with E-state index in [1.165, 1.54) is 6.20 Å². The summed E-state index contributed by atoms with van der Waals surface area (Å²) in [5, 5.41) is 10.8. The third-order valence-corrected chi connectivity index (χ3v) is 4.25. The summed E-state index contributed by atoms with van der Waals surface area (Å²) in [6.45, 7) is 3.43. The van der Waals surface area contributed by atoms with Crippen molar-refractivity contribution in [3.63, 3.8) is 0 Å². The van der Waals surface area contributed by atoms with Crippen molar-refractivity contribution in [3.8, 4) is 6.01 Å². The standard InChI is InChI=1S/C15H16BrN3O4/c1-15(10-22-9-11-2-4-12(16)5-3-11)6-7-18-8-13(19(20)21)17-14(18)23-15/h2-5,8H,6-7,9-10H2,1H3/t15-/m0/s1. The van der Waals surface area contributed by atoms with Crippen LogP contribution in [0.15, 0.2) is 34.9 Å². The highest BCUT2D eigenvalue weighted by molar-refractivity contribution is 9.10. The maximum absolute atomic E-state index is 10.8. The van der Waals surface area contributed by atoms with Gasteiger partial charge in [0.25, 0.3) is 0 Å². The quantitative estimate of drug-likeness (QED) is 0.586. The normalized spacial score (nSPS) is 19.9. The summed E-state index contributed by atoms with van der Waals surface area (Å²) < 4.78 is 14.3. The molecule has 0 amide bonds. The van der Waals surface area contributed by atoms with Crippen LogP contribution in [0.1, 0.15) is 18.9 Å². The summed E-state index contributed by atoms with van der Waals surface area (Å²) >= 11 is 3.39. The molecule has 2 aromatic rings. The Balaban J connectivity index is 1.59. The minimum absolute atomic E-state index is 0.194. The van der Waals surface area contributed by atoms with E-state index in [4.69, 9.17) is 9.47 Å². The maximum Gasteiger partial charge on any atom is 0.414 e. The number of hydrogen-bond donors (Lipinski definition) is 0. The molecule has 0 bridgehead atoms. The molecule has 1 aromatic carbocycles. The van der Waals surface area contributed by atoms with E-state index in [1.807, 2.05) is 31.2 Å². The van der Waals surface area contributed by atoms with Gasteiger partial charge in [-0.1, -0.05) is 28.1 Å². The Kier molecular flexibility index (Phi) is 4.36. The highest BCUT2D eigenvalue weighted by Gasteiger charge is 2.36. The second-order valence-electron chi connectivity index (χ2n) is 5.75. The molecule has 0 spiro atoms. The molecule has 3 rings (SSSR count). The van der Waals surface area contributed by atoms with E-state index in [-0.39, 0.29) is 11.8 Å². The van der Waals surface area contributed by atoms with Crippen LogP contribution in [0.2, 0.25) is 0 Å². The fourth-order valence-corrected chi connectivity index (χ4v) is 2.68. The van der Waals surface area contributed by atoms with Crippen LogP contribution in [0.3, 0.4) is 0 Å². The van der Waals surface area contributed by atoms with Gasteiger partial charge in [0.05, 0.1) is 13.2 Å². The number of nitro groups is 1. The summed E-state index contributed by atoms with van der Waals surface area (Å²) in [6, 6.07) is 8.19. The molecule has 0 N–H and O–H groups in total. The summed E-state index contributed by atoms with van der Waals surface area (Å²) in [4.78, 5) is 14.2. The largest absolute Gasteiger partial charge is 0.437 e. The molecule has 23 heavy (non-hydrogen) atoms. The van der Waals surface area contributed by atoms with E-state index in [1.54, 1.807) is 4.57 Å². The molecule has 0 saturated heterocycles. The van der Waals surface area contributed by atoms with Crippen molar-refractivity contribution in [1.82, 2.24) is 9.55 Å². The van der Waals surface area contributed by atoms with E-state index in [0.717, 1.165) is 10.0 Å². The molecule has 7 nitrogen and oxygen atoms in total. The number of aromatic nitrogens is 2. The van der Waals surface area contributed by atoms with E-state index < -0.39 is 10.5 Å². The minimum Gasteiger partial charge on any atom is -0.437 e. The van der Waals surface area contributed by atoms with Gasteiger partial charge in [0.2, 0.25) is 0 Å². The summed E-state index contributed by atoms with van der Waals surface area (Å²) in [7, 11) is 0. The molecule has 1 aliphatic heterocycles. The lowest BCUT2D eigenvalue weighted by atomic mass is 10.0. The Bertz CT molecular complexity index is 716. The number of halogens is 1. The Morgan fingerprint density at radius 3 is 2.91 bits per heavy atom. The average Bonchev–Trinajstić information content (AvgIpc) is 2.92. The van der Waals surface area contributed by atoms with Crippen molar-refractivity contribution in [1.29, 1.82) is 0 Å². The van der Waals surface area contributed by atoms with Crippen molar-refractivity contribution in [2.45, 2.75) is 32.1 Å². The van der Waals surface area contributed by atoms with Crippen LogP contribution in [-0.2, 0) is 17.9 Å². The highest BCUT2D eigenvalue weighted by atomic mass is 79.9. The number of fused-ring (bicyclic) bond motifs is 1. The van der Waals surface area contributed by atoms with Gasteiger partial charge in [-0.15, -0.1) is 0 Å². The number of benzene rings is 1. The van der Waals surface area contributed by atoms with Gasteiger partial charge in [0.15, 0.2) is 0 Å². The van der Waals surface area contributed by atoms with E-state index in [9.17, 15) is 10.1 Å². The third-order valence-electron chi connectivity index (χ3n) is 3.72. The molecule has 0 saturated carbocycles. The zero-order valence-electron chi connectivity index (χ0n) is 12.6. The second-order valence-corrected chi connectivity index (χ2v) is 6.67. The smallest absolute Gasteiger partial charge is 0.414 e. The second kappa shape index (κ2) is 6.29. The van der Waals surface area contributed by atoms with E-state index in [0.29, 0.717) is 26.2 Å². The van der Waals surface area contributed by atoms with Gasteiger partial charge < -0.3 is 19.6 Å². The van der Waals surface area contributed by atoms with Gasteiger partial charge in [-0.2, -0.15) is 0 Å². The van der Waals surface area contributed by atoms with Crippen LogP contribution >= 0.6 is 15.9 Å². The third kappa shape index (κ3) is 3.70.